The van der Waals surface area contributed by atoms with Crippen LogP contribution in [0.25, 0.3) is 0 Å². The Bertz CT molecular complexity index is 562. The summed E-state index contributed by atoms with van der Waals surface area (Å²) < 4.78 is 10.4. The minimum Gasteiger partial charge on any atom is -0.389 e. The van der Waals surface area contributed by atoms with E-state index in [1.807, 2.05) is 24.3 Å². The summed E-state index contributed by atoms with van der Waals surface area (Å²) in [7, 11) is 0. The molecule has 0 saturated heterocycles. The summed E-state index contributed by atoms with van der Waals surface area (Å²) in [6.45, 7) is 3.15. The first-order valence-electron chi connectivity index (χ1n) is 6.64. The first-order chi connectivity index (χ1) is 10.1. The number of hydrogen-bond donors (Lipinski definition) is 2. The number of aliphatic hydroxyl groups excluding tert-OH is 1. The molecule has 6 nitrogen and oxygen atoms in total. The van der Waals surface area contributed by atoms with Crippen molar-refractivity contribution >= 4 is 11.6 Å². The molecule has 21 heavy (non-hydrogen) atoms. The van der Waals surface area contributed by atoms with Gasteiger partial charge in [0.15, 0.2) is 5.82 Å². The lowest BCUT2D eigenvalue weighted by Gasteiger charge is -2.12. The molecule has 2 rings (SSSR count). The molecule has 1 aromatic carbocycles. The minimum absolute atomic E-state index is 0.223. The zero-order chi connectivity index (χ0) is 15.1. The van der Waals surface area contributed by atoms with Crippen molar-refractivity contribution in [3.05, 3.63) is 46.6 Å². The molecule has 0 spiro atoms. The molecular formula is C14H18ClN3O3. The Morgan fingerprint density at radius 3 is 2.95 bits per heavy atom. The number of nitrogens with zero attached hydrogens (tertiary/aromatic N) is 2. The van der Waals surface area contributed by atoms with Gasteiger partial charge in [-0.25, -0.2) is 0 Å². The molecular weight excluding hydrogens is 294 g/mol. The van der Waals surface area contributed by atoms with Gasteiger partial charge in [-0.05, 0) is 18.6 Å². The smallest absolute Gasteiger partial charge is 0.240 e. The van der Waals surface area contributed by atoms with Crippen molar-refractivity contribution in [2.75, 3.05) is 13.2 Å². The fourth-order valence-corrected chi connectivity index (χ4v) is 1.93. The monoisotopic (exact) mass is 311 g/mol. The van der Waals surface area contributed by atoms with Crippen LogP contribution in [-0.2, 0) is 17.9 Å². The lowest BCUT2D eigenvalue weighted by Crippen LogP contribution is -2.30. The topological polar surface area (TPSA) is 80.4 Å². The molecule has 0 aliphatic heterocycles. The van der Waals surface area contributed by atoms with E-state index in [9.17, 15) is 5.11 Å². The summed E-state index contributed by atoms with van der Waals surface area (Å²) in [6.07, 6.45) is -0.614. The van der Waals surface area contributed by atoms with Gasteiger partial charge in [-0.2, -0.15) is 4.98 Å². The number of nitrogens with one attached hydrogen (secondary N) is 1. The van der Waals surface area contributed by atoms with Crippen molar-refractivity contribution in [1.29, 1.82) is 0 Å². The Morgan fingerprint density at radius 1 is 1.43 bits per heavy atom. The lowest BCUT2D eigenvalue weighted by molar-refractivity contribution is 0.0285. The van der Waals surface area contributed by atoms with Crippen LogP contribution in [0.3, 0.4) is 0 Å². The van der Waals surface area contributed by atoms with Crippen LogP contribution < -0.4 is 5.32 Å². The Kier molecular flexibility index (Phi) is 6.13. The molecule has 1 aromatic heterocycles. The number of rotatable bonds is 8. The number of hydrogen-bond acceptors (Lipinski definition) is 6. The summed E-state index contributed by atoms with van der Waals surface area (Å²) in [6, 6.07) is 7.47. The maximum Gasteiger partial charge on any atom is 0.240 e. The second-order valence-corrected chi connectivity index (χ2v) is 5.03. The van der Waals surface area contributed by atoms with E-state index >= 15 is 0 Å². The average Bonchev–Trinajstić information content (AvgIpc) is 2.87. The van der Waals surface area contributed by atoms with E-state index in [-0.39, 0.29) is 6.61 Å². The number of ether oxygens (including phenoxy) is 1. The largest absolute Gasteiger partial charge is 0.389 e. The van der Waals surface area contributed by atoms with Crippen LogP contribution in [0, 0.1) is 6.92 Å². The van der Waals surface area contributed by atoms with Crippen LogP contribution in [0.4, 0.5) is 0 Å². The standard InChI is InChI=1S/C14H18ClN3O3/c1-10-17-14(21-18-10)7-16-6-12(19)9-20-8-11-4-2-3-5-13(11)15/h2-5,12,16,19H,6-9H2,1H3. The van der Waals surface area contributed by atoms with E-state index in [1.54, 1.807) is 6.92 Å². The average molecular weight is 312 g/mol. The molecule has 1 heterocycles. The molecule has 0 fully saturated rings. The van der Waals surface area contributed by atoms with Gasteiger partial charge in [0.05, 0.1) is 25.9 Å². The van der Waals surface area contributed by atoms with E-state index in [4.69, 9.17) is 20.9 Å². The van der Waals surface area contributed by atoms with E-state index in [0.717, 1.165) is 5.56 Å². The van der Waals surface area contributed by atoms with Gasteiger partial charge in [-0.3, -0.25) is 0 Å². The van der Waals surface area contributed by atoms with Gasteiger partial charge in [0.2, 0.25) is 5.89 Å². The number of halogens is 1. The van der Waals surface area contributed by atoms with Gasteiger partial charge < -0.3 is 19.7 Å². The van der Waals surface area contributed by atoms with Crippen molar-refractivity contribution in [3.8, 4) is 0 Å². The predicted octanol–water partition coefficient (Wildman–Crippen LogP) is 1.70. The molecule has 7 heteroatoms. The van der Waals surface area contributed by atoms with Crippen molar-refractivity contribution in [2.45, 2.75) is 26.2 Å². The third-order valence-corrected chi connectivity index (χ3v) is 3.12. The molecule has 1 unspecified atom stereocenters. The normalized spacial score (nSPS) is 12.5. The van der Waals surface area contributed by atoms with Gasteiger partial charge in [0, 0.05) is 11.6 Å². The van der Waals surface area contributed by atoms with Gasteiger partial charge in [-0.15, -0.1) is 0 Å². The van der Waals surface area contributed by atoms with Crippen LogP contribution >= 0.6 is 11.6 Å². The highest BCUT2D eigenvalue weighted by Gasteiger charge is 2.07. The van der Waals surface area contributed by atoms with Crippen LogP contribution in [0.15, 0.2) is 28.8 Å². The molecule has 0 aliphatic carbocycles. The fourth-order valence-electron chi connectivity index (χ4n) is 1.74. The number of aliphatic hydroxyl groups is 1. The van der Waals surface area contributed by atoms with Crippen molar-refractivity contribution in [1.82, 2.24) is 15.5 Å². The summed E-state index contributed by atoms with van der Waals surface area (Å²) in [5.74, 6) is 1.09. The van der Waals surface area contributed by atoms with Crippen LogP contribution in [0.2, 0.25) is 5.02 Å². The Labute approximate surface area is 128 Å². The first-order valence-corrected chi connectivity index (χ1v) is 7.02. The van der Waals surface area contributed by atoms with Crippen molar-refractivity contribution < 1.29 is 14.4 Å². The predicted molar refractivity (Wildman–Crippen MR) is 77.9 cm³/mol. The van der Waals surface area contributed by atoms with Crippen LogP contribution in [-0.4, -0.2) is 34.5 Å². The molecule has 0 saturated carbocycles. The Morgan fingerprint density at radius 2 is 2.24 bits per heavy atom. The zero-order valence-electron chi connectivity index (χ0n) is 11.8. The van der Waals surface area contributed by atoms with Crippen molar-refractivity contribution in [3.63, 3.8) is 0 Å². The van der Waals surface area contributed by atoms with Crippen LogP contribution in [0.5, 0.6) is 0 Å². The fraction of sp³-hybridized carbons (Fsp3) is 0.429. The Balaban J connectivity index is 1.61. The first kappa shape index (κ1) is 15.9. The molecule has 0 amide bonds. The minimum atomic E-state index is -0.614. The van der Waals surface area contributed by atoms with Crippen molar-refractivity contribution in [2.24, 2.45) is 0 Å². The molecule has 0 bridgehead atoms. The molecule has 2 aromatic rings. The summed E-state index contributed by atoms with van der Waals surface area (Å²) in [5, 5.41) is 17.2. The highest BCUT2D eigenvalue weighted by atomic mass is 35.5. The summed E-state index contributed by atoms with van der Waals surface area (Å²) >= 11 is 6.01. The molecule has 2 N–H and O–H groups in total. The van der Waals surface area contributed by atoms with E-state index in [0.29, 0.717) is 36.4 Å². The summed E-state index contributed by atoms with van der Waals surface area (Å²) in [5.41, 5.74) is 0.903. The lowest BCUT2D eigenvalue weighted by atomic mass is 10.2. The van der Waals surface area contributed by atoms with E-state index < -0.39 is 6.10 Å². The van der Waals surface area contributed by atoms with Crippen LogP contribution in [0.1, 0.15) is 17.3 Å². The van der Waals surface area contributed by atoms with Gasteiger partial charge in [0.25, 0.3) is 0 Å². The zero-order valence-corrected chi connectivity index (χ0v) is 12.5. The maximum absolute atomic E-state index is 9.79. The maximum atomic E-state index is 9.79. The molecule has 114 valence electrons. The third-order valence-electron chi connectivity index (χ3n) is 2.75. The highest BCUT2D eigenvalue weighted by Crippen LogP contribution is 2.15. The third kappa shape index (κ3) is 5.43. The second kappa shape index (κ2) is 8.09. The van der Waals surface area contributed by atoms with Gasteiger partial charge >= 0.3 is 0 Å². The SMILES string of the molecule is Cc1noc(CNCC(O)COCc2ccccc2Cl)n1. The number of aromatic nitrogens is 2. The Hall–Kier alpha value is -1.47. The molecule has 0 radical (unpaired) electrons. The quantitative estimate of drug-likeness (QED) is 0.772. The second-order valence-electron chi connectivity index (χ2n) is 4.63. The van der Waals surface area contributed by atoms with E-state index in [1.165, 1.54) is 0 Å². The van der Waals surface area contributed by atoms with Gasteiger partial charge in [-0.1, -0.05) is 35.0 Å². The molecule has 1 atom stereocenters. The number of benzene rings is 1. The van der Waals surface area contributed by atoms with E-state index in [2.05, 4.69) is 15.5 Å². The molecule has 0 aliphatic rings. The summed E-state index contributed by atoms with van der Waals surface area (Å²) in [4.78, 5) is 4.05. The van der Waals surface area contributed by atoms with Gasteiger partial charge in [0.1, 0.15) is 0 Å². The highest BCUT2D eigenvalue weighted by molar-refractivity contribution is 6.31. The number of aryl methyl sites for hydroxylation is 1.